The van der Waals surface area contributed by atoms with Crippen LogP contribution in [0.3, 0.4) is 0 Å². The fourth-order valence-corrected chi connectivity index (χ4v) is 1.49. The second kappa shape index (κ2) is 6.86. The van der Waals surface area contributed by atoms with Crippen LogP contribution in [0.25, 0.3) is 0 Å². The van der Waals surface area contributed by atoms with Crippen LogP contribution in [-0.2, 0) is 0 Å². The molecule has 3 heteroatoms. The van der Waals surface area contributed by atoms with Gasteiger partial charge in [-0.05, 0) is 32.0 Å². The maximum atomic E-state index is 8.60. The van der Waals surface area contributed by atoms with Crippen LogP contribution in [-0.4, -0.2) is 26.2 Å². The van der Waals surface area contributed by atoms with Crippen molar-refractivity contribution in [2.24, 2.45) is 0 Å². The standard InChI is InChI=1S/C13H19N3/c1-12(11-14)15-9-6-10-16(2)13-7-4-3-5-8-13/h3-5,7-8,12,15H,6,9-10H2,1-2H3. The van der Waals surface area contributed by atoms with Gasteiger partial charge in [-0.2, -0.15) is 5.26 Å². The number of anilines is 1. The van der Waals surface area contributed by atoms with Crippen molar-refractivity contribution in [3.63, 3.8) is 0 Å². The molecule has 3 nitrogen and oxygen atoms in total. The van der Waals surface area contributed by atoms with Crippen LogP contribution in [0.1, 0.15) is 13.3 Å². The third-order valence-corrected chi connectivity index (χ3v) is 2.51. The fourth-order valence-electron chi connectivity index (χ4n) is 1.49. The summed E-state index contributed by atoms with van der Waals surface area (Å²) in [4.78, 5) is 2.22. The first-order chi connectivity index (χ1) is 7.74. The van der Waals surface area contributed by atoms with E-state index >= 15 is 0 Å². The molecule has 0 aliphatic carbocycles. The van der Waals surface area contributed by atoms with Gasteiger partial charge in [0.15, 0.2) is 0 Å². The normalized spacial score (nSPS) is 11.8. The Hall–Kier alpha value is -1.53. The van der Waals surface area contributed by atoms with E-state index in [9.17, 15) is 0 Å². The van der Waals surface area contributed by atoms with E-state index < -0.39 is 0 Å². The van der Waals surface area contributed by atoms with Crippen molar-refractivity contribution in [3.05, 3.63) is 30.3 Å². The number of nitriles is 1. The molecule has 86 valence electrons. The van der Waals surface area contributed by atoms with Crippen molar-refractivity contribution in [2.45, 2.75) is 19.4 Å². The number of nitrogens with one attached hydrogen (secondary N) is 1. The third kappa shape index (κ3) is 4.33. The number of hydrogen-bond acceptors (Lipinski definition) is 3. The van der Waals surface area contributed by atoms with E-state index in [0.717, 1.165) is 19.5 Å². The monoisotopic (exact) mass is 217 g/mol. The lowest BCUT2D eigenvalue weighted by molar-refractivity contribution is 0.611. The van der Waals surface area contributed by atoms with Crippen LogP contribution in [0.5, 0.6) is 0 Å². The molecular formula is C13H19N3. The largest absolute Gasteiger partial charge is 0.375 e. The lowest BCUT2D eigenvalue weighted by Gasteiger charge is -2.19. The zero-order chi connectivity index (χ0) is 11.8. The molecule has 1 atom stereocenters. The Labute approximate surface area is 97.7 Å². The molecule has 0 heterocycles. The lowest BCUT2D eigenvalue weighted by Crippen LogP contribution is -2.28. The van der Waals surface area contributed by atoms with E-state index in [1.807, 2.05) is 25.1 Å². The summed E-state index contributed by atoms with van der Waals surface area (Å²) in [6, 6.07) is 12.4. The first-order valence-corrected chi connectivity index (χ1v) is 5.63. The molecule has 0 bridgehead atoms. The molecule has 0 aromatic heterocycles. The van der Waals surface area contributed by atoms with Gasteiger partial charge in [-0.25, -0.2) is 0 Å². The molecule has 0 radical (unpaired) electrons. The van der Waals surface area contributed by atoms with Crippen molar-refractivity contribution < 1.29 is 0 Å². The quantitative estimate of drug-likeness (QED) is 0.741. The summed E-state index contributed by atoms with van der Waals surface area (Å²) in [6.07, 6.45) is 1.04. The Kier molecular flexibility index (Phi) is 5.38. The van der Waals surface area contributed by atoms with Crippen molar-refractivity contribution in [2.75, 3.05) is 25.0 Å². The van der Waals surface area contributed by atoms with Gasteiger partial charge in [-0.1, -0.05) is 18.2 Å². The summed E-state index contributed by atoms with van der Waals surface area (Å²) in [5.41, 5.74) is 1.23. The van der Waals surface area contributed by atoms with Crippen LogP contribution in [0.2, 0.25) is 0 Å². The lowest BCUT2D eigenvalue weighted by atomic mass is 10.3. The molecule has 16 heavy (non-hydrogen) atoms. The van der Waals surface area contributed by atoms with E-state index in [-0.39, 0.29) is 6.04 Å². The van der Waals surface area contributed by atoms with Crippen LogP contribution in [0.4, 0.5) is 5.69 Å². The Balaban J connectivity index is 2.21. The molecule has 0 fully saturated rings. The van der Waals surface area contributed by atoms with Crippen LogP contribution in [0, 0.1) is 11.3 Å². The topological polar surface area (TPSA) is 39.1 Å². The summed E-state index contributed by atoms with van der Waals surface area (Å²) >= 11 is 0. The van der Waals surface area contributed by atoms with Gasteiger partial charge < -0.3 is 10.2 Å². The zero-order valence-corrected chi connectivity index (χ0v) is 9.98. The zero-order valence-electron chi connectivity index (χ0n) is 9.98. The van der Waals surface area contributed by atoms with E-state index in [4.69, 9.17) is 5.26 Å². The van der Waals surface area contributed by atoms with Gasteiger partial charge in [0.2, 0.25) is 0 Å². The molecule has 1 rings (SSSR count). The molecule has 1 aromatic rings. The molecule has 0 aliphatic heterocycles. The maximum absolute atomic E-state index is 8.60. The van der Waals surface area contributed by atoms with Crippen molar-refractivity contribution in [1.29, 1.82) is 5.26 Å². The van der Waals surface area contributed by atoms with Gasteiger partial charge in [0.1, 0.15) is 0 Å². The number of para-hydroxylation sites is 1. The first-order valence-electron chi connectivity index (χ1n) is 5.63. The average molecular weight is 217 g/mol. The third-order valence-electron chi connectivity index (χ3n) is 2.51. The number of hydrogen-bond donors (Lipinski definition) is 1. The predicted molar refractivity (Wildman–Crippen MR) is 67.4 cm³/mol. The van der Waals surface area contributed by atoms with E-state index in [1.165, 1.54) is 5.69 Å². The molecule has 0 saturated heterocycles. The fraction of sp³-hybridized carbons (Fsp3) is 0.462. The van der Waals surface area contributed by atoms with Crippen molar-refractivity contribution in [1.82, 2.24) is 5.32 Å². The summed E-state index contributed by atoms with van der Waals surface area (Å²) in [7, 11) is 2.09. The first kappa shape index (κ1) is 12.5. The minimum Gasteiger partial charge on any atom is -0.375 e. The molecule has 1 aromatic carbocycles. The van der Waals surface area contributed by atoms with Gasteiger partial charge in [0.05, 0.1) is 12.1 Å². The van der Waals surface area contributed by atoms with Crippen LogP contribution >= 0.6 is 0 Å². The van der Waals surface area contributed by atoms with E-state index in [0.29, 0.717) is 0 Å². The molecule has 0 aliphatic rings. The van der Waals surface area contributed by atoms with Gasteiger partial charge in [0, 0.05) is 19.3 Å². The highest BCUT2D eigenvalue weighted by Crippen LogP contribution is 2.10. The minimum absolute atomic E-state index is 0.0537. The molecule has 0 amide bonds. The number of benzene rings is 1. The van der Waals surface area contributed by atoms with Gasteiger partial charge in [-0.15, -0.1) is 0 Å². The highest BCUT2D eigenvalue weighted by molar-refractivity contribution is 5.44. The summed E-state index contributed by atoms with van der Waals surface area (Å²) in [6.45, 7) is 3.75. The van der Waals surface area contributed by atoms with E-state index in [2.05, 4.69) is 35.5 Å². The van der Waals surface area contributed by atoms with Crippen LogP contribution in [0.15, 0.2) is 30.3 Å². The Morgan fingerprint density at radius 2 is 2.06 bits per heavy atom. The smallest absolute Gasteiger partial charge is 0.0924 e. The summed E-state index contributed by atoms with van der Waals surface area (Å²) < 4.78 is 0. The summed E-state index contributed by atoms with van der Waals surface area (Å²) in [5, 5.41) is 11.7. The number of nitrogens with zero attached hydrogens (tertiary/aromatic N) is 2. The predicted octanol–water partition coefficient (Wildman–Crippen LogP) is 2.01. The Bertz CT molecular complexity index is 329. The second-order valence-electron chi connectivity index (χ2n) is 3.92. The van der Waals surface area contributed by atoms with Gasteiger partial charge in [-0.3, -0.25) is 0 Å². The number of rotatable bonds is 6. The SMILES string of the molecule is CC(C#N)NCCCN(C)c1ccccc1. The molecular weight excluding hydrogens is 198 g/mol. The van der Waals surface area contributed by atoms with Crippen molar-refractivity contribution >= 4 is 5.69 Å². The maximum Gasteiger partial charge on any atom is 0.0924 e. The highest BCUT2D eigenvalue weighted by atomic mass is 15.1. The van der Waals surface area contributed by atoms with Crippen molar-refractivity contribution in [3.8, 4) is 6.07 Å². The Morgan fingerprint density at radius 1 is 1.38 bits per heavy atom. The molecule has 0 spiro atoms. The Morgan fingerprint density at radius 3 is 2.69 bits per heavy atom. The second-order valence-corrected chi connectivity index (χ2v) is 3.92. The molecule has 1 unspecified atom stereocenters. The van der Waals surface area contributed by atoms with E-state index in [1.54, 1.807) is 0 Å². The van der Waals surface area contributed by atoms with Gasteiger partial charge >= 0.3 is 0 Å². The van der Waals surface area contributed by atoms with Crippen LogP contribution < -0.4 is 10.2 Å². The average Bonchev–Trinajstić information content (AvgIpc) is 2.35. The van der Waals surface area contributed by atoms with Gasteiger partial charge in [0.25, 0.3) is 0 Å². The summed E-state index contributed by atoms with van der Waals surface area (Å²) in [5.74, 6) is 0. The highest BCUT2D eigenvalue weighted by Gasteiger charge is 2.00. The minimum atomic E-state index is -0.0537. The molecule has 0 saturated carbocycles. The molecule has 1 N–H and O–H groups in total.